The van der Waals surface area contributed by atoms with Crippen LogP contribution in [0.1, 0.15) is 56.3 Å². The number of hydrogen-bond donors (Lipinski definition) is 1. The van der Waals surface area contributed by atoms with E-state index in [1.165, 1.54) is 0 Å². The smallest absolute Gasteiger partial charge is 0.253 e. The van der Waals surface area contributed by atoms with Crippen molar-refractivity contribution in [2.45, 2.75) is 52.1 Å². The lowest BCUT2D eigenvalue weighted by molar-refractivity contribution is -0.119. The van der Waals surface area contributed by atoms with E-state index in [-0.39, 0.29) is 28.7 Å². The van der Waals surface area contributed by atoms with Crippen LogP contribution in [0.5, 0.6) is 0 Å². The number of rotatable bonds is 1. The van der Waals surface area contributed by atoms with Crippen LogP contribution in [-0.4, -0.2) is 35.8 Å². The number of fused-ring (bicyclic) bond motifs is 3. The molecule has 1 aromatic carbocycles. The Morgan fingerprint density at radius 1 is 1.13 bits per heavy atom. The second-order valence-electron chi connectivity index (χ2n) is 9.75. The van der Waals surface area contributed by atoms with Crippen LogP contribution >= 0.6 is 0 Å². The van der Waals surface area contributed by atoms with Gasteiger partial charge >= 0.3 is 0 Å². The molecule has 3 aliphatic heterocycles. The highest BCUT2D eigenvalue weighted by molar-refractivity contribution is 6.00. The first-order valence-corrected chi connectivity index (χ1v) is 10.9. The minimum atomic E-state index is -0.367. The molecule has 2 unspecified atom stereocenters. The number of ketones is 1. The molecule has 0 bridgehead atoms. The summed E-state index contributed by atoms with van der Waals surface area (Å²) in [5.41, 5.74) is 3.38. The van der Waals surface area contributed by atoms with Crippen molar-refractivity contribution in [1.29, 1.82) is 0 Å². The van der Waals surface area contributed by atoms with Crippen molar-refractivity contribution in [2.75, 3.05) is 13.1 Å². The van der Waals surface area contributed by atoms with Crippen molar-refractivity contribution < 1.29 is 9.59 Å². The van der Waals surface area contributed by atoms with Crippen LogP contribution in [0.3, 0.4) is 0 Å². The number of carbonyl (C=O) groups excluding carboxylic acids is 2. The van der Waals surface area contributed by atoms with Crippen molar-refractivity contribution in [3.8, 4) is 0 Å². The van der Waals surface area contributed by atoms with Crippen LogP contribution < -0.4 is 5.32 Å². The zero-order valence-electron chi connectivity index (χ0n) is 17.6. The largest absolute Gasteiger partial charge is 0.362 e. The van der Waals surface area contributed by atoms with E-state index >= 15 is 0 Å². The molecule has 30 heavy (non-hydrogen) atoms. The first kappa shape index (κ1) is 19.2. The summed E-state index contributed by atoms with van der Waals surface area (Å²) in [5, 5.41) is 12.1. The predicted octanol–water partition coefficient (Wildman–Crippen LogP) is 4.22. The first-order valence-electron chi connectivity index (χ1n) is 10.9. The lowest BCUT2D eigenvalue weighted by Crippen LogP contribution is -2.49. The van der Waals surface area contributed by atoms with Crippen molar-refractivity contribution in [1.82, 2.24) is 10.2 Å². The molecule has 156 valence electrons. The Kier molecular flexibility index (Phi) is 4.42. The average molecular weight is 405 g/mol. The number of allylic oxidation sites excluding steroid dienone is 2. The van der Waals surface area contributed by atoms with Crippen molar-refractivity contribution >= 4 is 11.7 Å². The van der Waals surface area contributed by atoms with E-state index in [4.69, 9.17) is 0 Å². The lowest BCUT2D eigenvalue weighted by atomic mass is 9.60. The number of likely N-dealkylation sites (tertiary alicyclic amines) is 1. The number of hydrogen-bond acceptors (Lipinski definition) is 5. The zero-order valence-corrected chi connectivity index (χ0v) is 17.6. The van der Waals surface area contributed by atoms with Gasteiger partial charge in [0.1, 0.15) is 0 Å². The van der Waals surface area contributed by atoms with Gasteiger partial charge in [0.15, 0.2) is 11.9 Å². The van der Waals surface area contributed by atoms with E-state index in [1.807, 2.05) is 41.4 Å². The van der Waals surface area contributed by atoms with Crippen molar-refractivity contribution in [3.63, 3.8) is 0 Å². The molecule has 1 saturated heterocycles. The molecule has 3 heterocycles. The average Bonchev–Trinajstić information content (AvgIpc) is 3.08. The minimum absolute atomic E-state index is 0.0545. The molecular weight excluding hydrogens is 376 g/mol. The monoisotopic (exact) mass is 404 g/mol. The summed E-state index contributed by atoms with van der Waals surface area (Å²) in [5.74, 6) is 0.307. The highest BCUT2D eigenvalue weighted by Gasteiger charge is 2.53. The van der Waals surface area contributed by atoms with E-state index in [1.54, 1.807) is 0 Å². The molecule has 1 N–H and O–H groups in total. The molecule has 0 saturated carbocycles. The van der Waals surface area contributed by atoms with Crippen LogP contribution in [0.15, 0.2) is 63.6 Å². The Morgan fingerprint density at radius 3 is 2.73 bits per heavy atom. The third-order valence-electron chi connectivity index (χ3n) is 7.04. The predicted molar refractivity (Wildman–Crippen MR) is 114 cm³/mol. The van der Waals surface area contributed by atoms with Crippen LogP contribution in [0, 0.1) is 10.8 Å². The number of nitrogens with one attached hydrogen (secondary N) is 1. The second kappa shape index (κ2) is 6.89. The summed E-state index contributed by atoms with van der Waals surface area (Å²) >= 11 is 0. The van der Waals surface area contributed by atoms with Crippen LogP contribution in [0.25, 0.3) is 0 Å². The quantitative estimate of drug-likeness (QED) is 0.761. The van der Waals surface area contributed by atoms with E-state index in [9.17, 15) is 9.59 Å². The maximum atomic E-state index is 13.4. The van der Waals surface area contributed by atoms with Gasteiger partial charge in [0.25, 0.3) is 5.91 Å². The maximum absolute atomic E-state index is 13.4. The van der Waals surface area contributed by atoms with Crippen LogP contribution in [0.4, 0.5) is 0 Å². The summed E-state index contributed by atoms with van der Waals surface area (Å²) in [6, 6.07) is 9.46. The summed E-state index contributed by atoms with van der Waals surface area (Å²) in [7, 11) is 0. The van der Waals surface area contributed by atoms with Gasteiger partial charge < -0.3 is 10.2 Å². The molecule has 6 nitrogen and oxygen atoms in total. The fourth-order valence-corrected chi connectivity index (χ4v) is 5.74. The van der Waals surface area contributed by atoms with Crippen molar-refractivity contribution in [2.24, 2.45) is 21.1 Å². The van der Waals surface area contributed by atoms with E-state index in [0.717, 1.165) is 48.1 Å². The first-order chi connectivity index (χ1) is 14.4. The minimum Gasteiger partial charge on any atom is -0.362 e. The standard InChI is InChI=1S/C24H28N4O2/c1-23(2)13-18-20(19(29)14-23)24(17-15-25-27-21(17)26-18)9-6-11-28(12-10-24)22(30)16-7-4-3-5-8-16/h3-5,7-8,15,21,26H,6,9-14H2,1-2H3. The van der Waals surface area contributed by atoms with Gasteiger partial charge in [-0.3, -0.25) is 9.59 Å². The molecule has 6 heteroatoms. The van der Waals surface area contributed by atoms with Gasteiger partial charge in [-0.25, -0.2) is 0 Å². The molecule has 1 fully saturated rings. The van der Waals surface area contributed by atoms with Gasteiger partial charge in [0.05, 0.1) is 6.20 Å². The van der Waals surface area contributed by atoms with Gasteiger partial charge in [-0.05, 0) is 43.2 Å². The van der Waals surface area contributed by atoms with E-state index in [2.05, 4.69) is 29.4 Å². The van der Waals surface area contributed by atoms with Crippen LogP contribution in [-0.2, 0) is 4.79 Å². The molecule has 1 aliphatic carbocycles. The van der Waals surface area contributed by atoms with Gasteiger partial charge in [-0.1, -0.05) is 32.0 Å². The molecular formula is C24H28N4O2. The Morgan fingerprint density at radius 2 is 1.93 bits per heavy atom. The Hall–Kier alpha value is -2.76. The molecule has 1 spiro atoms. The summed E-state index contributed by atoms with van der Waals surface area (Å²) in [6.07, 6.45) is 5.54. The fourth-order valence-electron chi connectivity index (χ4n) is 5.74. The Labute approximate surface area is 177 Å². The summed E-state index contributed by atoms with van der Waals surface area (Å²) in [6.45, 7) is 5.64. The van der Waals surface area contributed by atoms with E-state index < -0.39 is 0 Å². The topological polar surface area (TPSA) is 74.1 Å². The number of azo groups is 1. The summed E-state index contributed by atoms with van der Waals surface area (Å²) < 4.78 is 0. The Balaban J connectivity index is 1.50. The van der Waals surface area contributed by atoms with Gasteiger partial charge in [0, 0.05) is 47.3 Å². The highest BCUT2D eigenvalue weighted by Crippen LogP contribution is 2.55. The number of carbonyl (C=O) groups is 2. The van der Waals surface area contributed by atoms with Crippen molar-refractivity contribution in [3.05, 3.63) is 58.9 Å². The molecule has 4 aliphatic rings. The van der Waals surface area contributed by atoms with Gasteiger partial charge in [-0.2, -0.15) is 10.2 Å². The number of amides is 1. The molecule has 2 atom stereocenters. The third kappa shape index (κ3) is 3.01. The highest BCUT2D eigenvalue weighted by atomic mass is 16.2. The maximum Gasteiger partial charge on any atom is 0.253 e. The number of benzene rings is 1. The fraction of sp³-hybridized carbons (Fsp3) is 0.500. The van der Waals surface area contributed by atoms with Gasteiger partial charge in [0.2, 0.25) is 0 Å². The second-order valence-corrected chi connectivity index (χ2v) is 9.75. The summed E-state index contributed by atoms with van der Waals surface area (Å²) in [4.78, 5) is 28.4. The van der Waals surface area contributed by atoms with Gasteiger partial charge in [-0.15, -0.1) is 0 Å². The SMILES string of the molecule is CC1(C)CC(=O)C2=C(C1)NC1N=NC=C1C21CCCN(C(=O)c2ccccc2)CC1. The molecule has 1 amide bonds. The Bertz CT molecular complexity index is 992. The lowest BCUT2D eigenvalue weighted by Gasteiger charge is -2.47. The molecule has 5 rings (SSSR count). The van der Waals surface area contributed by atoms with Crippen LogP contribution in [0.2, 0.25) is 0 Å². The number of nitrogens with zero attached hydrogens (tertiary/aromatic N) is 3. The number of Topliss-reactive ketones (excluding diaryl/α,β-unsaturated/α-hetero) is 1. The molecule has 1 aromatic rings. The normalized spacial score (nSPS) is 29.8. The third-order valence-corrected chi connectivity index (χ3v) is 7.04. The zero-order chi connectivity index (χ0) is 20.9. The molecule has 0 aromatic heterocycles. The van der Waals surface area contributed by atoms with E-state index in [0.29, 0.717) is 19.5 Å². The molecule has 0 radical (unpaired) electrons.